The van der Waals surface area contributed by atoms with Crippen LogP contribution in [0.15, 0.2) is 0 Å². The van der Waals surface area contributed by atoms with Crippen LogP contribution in [-0.2, 0) is 9.53 Å². The summed E-state index contributed by atoms with van der Waals surface area (Å²) in [6.45, 7) is 6.86. The molecule has 160 valence electrons. The smallest absolute Gasteiger partial charge is 0.133 e. The van der Waals surface area contributed by atoms with Gasteiger partial charge in [0, 0.05) is 19.4 Å². The summed E-state index contributed by atoms with van der Waals surface area (Å²) in [5, 5.41) is 0. The second kappa shape index (κ2) is 8.38. The summed E-state index contributed by atoms with van der Waals surface area (Å²) in [5.74, 6) is 3.78. The van der Waals surface area contributed by atoms with Crippen molar-refractivity contribution in [2.75, 3.05) is 13.2 Å². The van der Waals surface area contributed by atoms with Crippen molar-refractivity contribution in [3.05, 3.63) is 0 Å². The highest BCUT2D eigenvalue weighted by Gasteiger charge is 2.60. The molecule has 0 aromatic carbocycles. The number of ketones is 1. The standard InChI is InChI=1S/C25H43NO2/c1-24-13-11-19(27)17-18(24)7-8-20-21-9-10-23(25(21,2)14-12-22(20)24)28-16-6-4-3-5-15-26/h18,20-23H,3-17,26H2,1-2H3/t18-,20-,21-,22-,23-,24-,25-/m0/s1. The van der Waals surface area contributed by atoms with E-state index in [0.29, 0.717) is 28.6 Å². The van der Waals surface area contributed by atoms with Gasteiger partial charge < -0.3 is 10.5 Å². The van der Waals surface area contributed by atoms with Crippen LogP contribution in [0.5, 0.6) is 0 Å². The lowest BCUT2D eigenvalue weighted by atomic mass is 9.45. The third kappa shape index (κ3) is 3.60. The summed E-state index contributed by atoms with van der Waals surface area (Å²) in [5.41, 5.74) is 6.42. The van der Waals surface area contributed by atoms with Gasteiger partial charge in [-0.3, -0.25) is 4.79 Å². The lowest BCUT2D eigenvalue weighted by molar-refractivity contribution is -0.145. The number of rotatable bonds is 7. The van der Waals surface area contributed by atoms with Gasteiger partial charge in [-0.15, -0.1) is 0 Å². The molecule has 0 amide bonds. The van der Waals surface area contributed by atoms with Gasteiger partial charge in [0.1, 0.15) is 5.78 Å². The first-order chi connectivity index (χ1) is 13.5. The largest absolute Gasteiger partial charge is 0.378 e. The highest BCUT2D eigenvalue weighted by molar-refractivity contribution is 5.79. The molecule has 28 heavy (non-hydrogen) atoms. The monoisotopic (exact) mass is 389 g/mol. The van der Waals surface area contributed by atoms with Gasteiger partial charge in [0.2, 0.25) is 0 Å². The molecule has 4 saturated carbocycles. The van der Waals surface area contributed by atoms with E-state index in [-0.39, 0.29) is 0 Å². The Morgan fingerprint density at radius 3 is 2.54 bits per heavy atom. The zero-order valence-corrected chi connectivity index (χ0v) is 18.4. The average molecular weight is 390 g/mol. The zero-order valence-electron chi connectivity index (χ0n) is 18.4. The van der Waals surface area contributed by atoms with Crippen molar-refractivity contribution in [2.24, 2.45) is 40.2 Å². The number of ether oxygens (including phenoxy) is 1. The quantitative estimate of drug-likeness (QED) is 0.585. The van der Waals surface area contributed by atoms with E-state index in [0.717, 1.165) is 56.6 Å². The molecule has 0 aliphatic heterocycles. The predicted octanol–water partition coefficient (Wildman–Crippen LogP) is 5.50. The molecule has 4 fully saturated rings. The molecule has 7 atom stereocenters. The van der Waals surface area contributed by atoms with E-state index < -0.39 is 0 Å². The summed E-state index contributed by atoms with van der Waals surface area (Å²) in [7, 11) is 0. The molecule has 0 aromatic rings. The highest BCUT2D eigenvalue weighted by Crippen LogP contribution is 2.66. The zero-order chi connectivity index (χ0) is 19.8. The van der Waals surface area contributed by atoms with E-state index in [9.17, 15) is 4.79 Å². The molecule has 0 heterocycles. The van der Waals surface area contributed by atoms with Gasteiger partial charge in [-0.05, 0) is 98.8 Å². The van der Waals surface area contributed by atoms with Crippen molar-refractivity contribution in [1.82, 2.24) is 0 Å². The van der Waals surface area contributed by atoms with Crippen molar-refractivity contribution in [2.45, 2.75) is 103 Å². The minimum atomic E-state index is 0.395. The summed E-state index contributed by atoms with van der Waals surface area (Å²) in [6.07, 6.45) is 16.2. The van der Waals surface area contributed by atoms with Gasteiger partial charge in [0.05, 0.1) is 6.10 Å². The Kier molecular flexibility index (Phi) is 6.24. The maximum atomic E-state index is 12.1. The van der Waals surface area contributed by atoms with E-state index in [4.69, 9.17) is 10.5 Å². The van der Waals surface area contributed by atoms with Crippen LogP contribution in [0.3, 0.4) is 0 Å². The van der Waals surface area contributed by atoms with Crippen molar-refractivity contribution in [1.29, 1.82) is 0 Å². The summed E-state index contributed by atoms with van der Waals surface area (Å²) >= 11 is 0. The number of unbranched alkanes of at least 4 members (excludes halogenated alkanes) is 3. The number of fused-ring (bicyclic) bond motifs is 5. The minimum Gasteiger partial charge on any atom is -0.378 e. The van der Waals surface area contributed by atoms with Crippen LogP contribution in [0.1, 0.15) is 97.3 Å². The first-order valence-electron chi connectivity index (χ1n) is 12.3. The Labute approximate surface area is 172 Å². The van der Waals surface area contributed by atoms with Crippen molar-refractivity contribution >= 4 is 5.78 Å². The van der Waals surface area contributed by atoms with Crippen LogP contribution in [0.2, 0.25) is 0 Å². The molecule has 4 rings (SSSR count). The molecule has 0 unspecified atom stereocenters. The Morgan fingerprint density at radius 1 is 0.929 bits per heavy atom. The van der Waals surface area contributed by atoms with Crippen molar-refractivity contribution in [3.8, 4) is 0 Å². The van der Waals surface area contributed by atoms with Gasteiger partial charge in [0.15, 0.2) is 0 Å². The molecule has 3 heteroatoms. The Balaban J connectivity index is 1.37. The molecule has 0 bridgehead atoms. The second-order valence-corrected chi connectivity index (χ2v) is 11.1. The SMILES string of the molecule is C[C@]12CCC(=O)C[C@@H]1CC[C@@H]1[C@@H]2CC[C@]2(C)[C@@H](OCCCCCCN)CC[C@@H]12. The molecule has 0 spiro atoms. The van der Waals surface area contributed by atoms with Crippen LogP contribution >= 0.6 is 0 Å². The molecule has 2 N–H and O–H groups in total. The molecule has 3 nitrogen and oxygen atoms in total. The molecular formula is C25H43NO2. The average Bonchev–Trinajstić information content (AvgIpc) is 3.01. The maximum absolute atomic E-state index is 12.1. The van der Waals surface area contributed by atoms with Crippen LogP contribution in [-0.4, -0.2) is 25.0 Å². The Morgan fingerprint density at radius 2 is 1.71 bits per heavy atom. The topological polar surface area (TPSA) is 52.3 Å². The summed E-state index contributed by atoms with van der Waals surface area (Å²) < 4.78 is 6.51. The van der Waals surface area contributed by atoms with Crippen molar-refractivity contribution in [3.63, 3.8) is 0 Å². The van der Waals surface area contributed by atoms with Gasteiger partial charge in [-0.2, -0.15) is 0 Å². The van der Waals surface area contributed by atoms with E-state index in [1.54, 1.807) is 0 Å². The van der Waals surface area contributed by atoms with Gasteiger partial charge in [-0.25, -0.2) is 0 Å². The number of hydrogen-bond donors (Lipinski definition) is 1. The normalized spacial score (nSPS) is 45.4. The van der Waals surface area contributed by atoms with Gasteiger partial charge >= 0.3 is 0 Å². The number of carbonyl (C=O) groups is 1. The third-order valence-corrected chi connectivity index (χ3v) is 9.81. The number of carbonyl (C=O) groups excluding carboxylic acids is 1. The first-order valence-corrected chi connectivity index (χ1v) is 12.3. The van der Waals surface area contributed by atoms with Crippen LogP contribution < -0.4 is 5.73 Å². The second-order valence-electron chi connectivity index (χ2n) is 11.1. The number of Topliss-reactive ketones (excluding diaryl/α,β-unsaturated/α-hetero) is 1. The number of nitrogens with two attached hydrogens (primary N) is 1. The van der Waals surface area contributed by atoms with E-state index >= 15 is 0 Å². The highest BCUT2D eigenvalue weighted by atomic mass is 16.5. The number of hydrogen-bond acceptors (Lipinski definition) is 3. The molecule has 4 aliphatic rings. The third-order valence-electron chi connectivity index (χ3n) is 9.81. The van der Waals surface area contributed by atoms with E-state index in [1.807, 2.05) is 0 Å². The fraction of sp³-hybridized carbons (Fsp3) is 0.960. The fourth-order valence-corrected chi connectivity index (χ4v) is 8.10. The minimum absolute atomic E-state index is 0.395. The molecule has 0 radical (unpaired) electrons. The Bertz CT molecular complexity index is 563. The molecule has 0 saturated heterocycles. The molecule has 0 aromatic heterocycles. The summed E-state index contributed by atoms with van der Waals surface area (Å²) in [6, 6.07) is 0. The van der Waals surface area contributed by atoms with Crippen molar-refractivity contribution < 1.29 is 9.53 Å². The maximum Gasteiger partial charge on any atom is 0.133 e. The van der Waals surface area contributed by atoms with Gasteiger partial charge in [0.25, 0.3) is 0 Å². The van der Waals surface area contributed by atoms with Crippen LogP contribution in [0, 0.1) is 34.5 Å². The first kappa shape index (κ1) is 20.8. The molecular weight excluding hydrogens is 346 g/mol. The van der Waals surface area contributed by atoms with E-state index in [1.165, 1.54) is 57.8 Å². The Hall–Kier alpha value is -0.410. The van der Waals surface area contributed by atoms with Crippen LogP contribution in [0.25, 0.3) is 0 Å². The lowest BCUT2D eigenvalue weighted by Gasteiger charge is -2.60. The lowest BCUT2D eigenvalue weighted by Crippen LogP contribution is -2.54. The summed E-state index contributed by atoms with van der Waals surface area (Å²) in [4.78, 5) is 12.1. The molecule has 4 aliphatic carbocycles. The van der Waals surface area contributed by atoms with Gasteiger partial charge in [-0.1, -0.05) is 26.7 Å². The fourth-order valence-electron chi connectivity index (χ4n) is 8.10. The van der Waals surface area contributed by atoms with Crippen LogP contribution in [0.4, 0.5) is 0 Å². The van der Waals surface area contributed by atoms with E-state index in [2.05, 4.69) is 13.8 Å². The predicted molar refractivity (Wildman–Crippen MR) is 114 cm³/mol.